The van der Waals surface area contributed by atoms with Gasteiger partial charge in [-0.25, -0.2) is 0 Å². The van der Waals surface area contributed by atoms with Gasteiger partial charge in [0.05, 0.1) is 6.54 Å². The summed E-state index contributed by atoms with van der Waals surface area (Å²) >= 11 is 5.36. The predicted octanol–water partition coefficient (Wildman–Crippen LogP) is 1.43. The average Bonchev–Trinajstić information content (AvgIpc) is 2.34. The first-order valence-corrected chi connectivity index (χ1v) is 6.37. The van der Waals surface area contributed by atoms with Gasteiger partial charge in [0.15, 0.2) is 5.11 Å². The van der Waals surface area contributed by atoms with E-state index in [1.807, 2.05) is 36.9 Å². The summed E-state index contributed by atoms with van der Waals surface area (Å²) in [6, 6.07) is 6.11. The molecule has 0 saturated carbocycles. The molecule has 1 fully saturated rings. The summed E-state index contributed by atoms with van der Waals surface area (Å²) in [5.74, 6) is 0.0203. The fourth-order valence-corrected chi connectivity index (χ4v) is 2.27. The van der Waals surface area contributed by atoms with E-state index >= 15 is 0 Å². The Morgan fingerprint density at radius 3 is 2.67 bits per heavy atom. The summed E-state index contributed by atoms with van der Waals surface area (Å²) in [6.07, 6.45) is 0. The van der Waals surface area contributed by atoms with Crippen LogP contribution in [0.15, 0.2) is 18.2 Å². The van der Waals surface area contributed by atoms with E-state index in [0.717, 1.165) is 23.4 Å². The Morgan fingerprint density at radius 1 is 1.39 bits per heavy atom. The van der Waals surface area contributed by atoms with Crippen LogP contribution in [0.2, 0.25) is 0 Å². The molecule has 5 heteroatoms. The van der Waals surface area contributed by atoms with E-state index in [1.54, 1.807) is 0 Å². The highest BCUT2D eigenvalue weighted by Crippen LogP contribution is 2.20. The molecule has 18 heavy (non-hydrogen) atoms. The minimum Gasteiger partial charge on any atom is -0.353 e. The van der Waals surface area contributed by atoms with Crippen LogP contribution in [0.4, 0.5) is 5.69 Å². The number of rotatable bonds is 1. The Morgan fingerprint density at radius 2 is 2.06 bits per heavy atom. The average molecular weight is 263 g/mol. The van der Waals surface area contributed by atoms with E-state index in [-0.39, 0.29) is 5.91 Å². The predicted molar refractivity (Wildman–Crippen MR) is 76.7 cm³/mol. The van der Waals surface area contributed by atoms with E-state index < -0.39 is 0 Å². The molecular weight excluding hydrogens is 246 g/mol. The first-order valence-electron chi connectivity index (χ1n) is 5.97. The highest BCUT2D eigenvalue weighted by molar-refractivity contribution is 7.80. The van der Waals surface area contributed by atoms with Gasteiger partial charge in [0.25, 0.3) is 0 Å². The van der Waals surface area contributed by atoms with Gasteiger partial charge in [-0.1, -0.05) is 18.2 Å². The molecule has 1 heterocycles. The smallest absolute Gasteiger partial charge is 0.239 e. The van der Waals surface area contributed by atoms with E-state index in [9.17, 15) is 4.79 Å². The van der Waals surface area contributed by atoms with Crippen molar-refractivity contribution in [2.45, 2.75) is 13.8 Å². The lowest BCUT2D eigenvalue weighted by molar-refractivity contribution is -0.122. The summed E-state index contributed by atoms with van der Waals surface area (Å²) in [6.45, 7) is 5.81. The molecule has 1 aromatic carbocycles. The van der Waals surface area contributed by atoms with Gasteiger partial charge >= 0.3 is 0 Å². The van der Waals surface area contributed by atoms with E-state index in [4.69, 9.17) is 12.2 Å². The van der Waals surface area contributed by atoms with Crippen molar-refractivity contribution >= 4 is 28.9 Å². The number of nitrogens with one attached hydrogen (secondary N) is 2. The number of para-hydroxylation sites is 1. The molecule has 0 bridgehead atoms. The van der Waals surface area contributed by atoms with Gasteiger partial charge in [-0.15, -0.1) is 0 Å². The van der Waals surface area contributed by atoms with Crippen molar-refractivity contribution in [1.29, 1.82) is 0 Å². The van der Waals surface area contributed by atoms with Crippen LogP contribution in [0, 0.1) is 13.8 Å². The SMILES string of the molecule is Cc1cccc(C)c1NC(=S)N1CCNC(=O)C1. The van der Waals surface area contributed by atoms with Crippen LogP contribution in [-0.2, 0) is 4.79 Å². The quantitative estimate of drug-likeness (QED) is 0.752. The first-order chi connectivity index (χ1) is 8.58. The Hall–Kier alpha value is -1.62. The molecule has 0 aliphatic carbocycles. The highest BCUT2D eigenvalue weighted by atomic mass is 32.1. The Balaban J connectivity index is 2.09. The third kappa shape index (κ3) is 2.79. The lowest BCUT2D eigenvalue weighted by Crippen LogP contribution is -2.51. The van der Waals surface area contributed by atoms with Crippen molar-refractivity contribution in [3.05, 3.63) is 29.3 Å². The van der Waals surface area contributed by atoms with Gasteiger partial charge in [-0.05, 0) is 37.2 Å². The molecule has 0 aromatic heterocycles. The van der Waals surface area contributed by atoms with Gasteiger partial charge in [-0.2, -0.15) is 0 Å². The lowest BCUT2D eigenvalue weighted by Gasteiger charge is -2.29. The molecule has 1 aliphatic heterocycles. The summed E-state index contributed by atoms with van der Waals surface area (Å²) in [5.41, 5.74) is 3.34. The zero-order chi connectivity index (χ0) is 13.1. The van der Waals surface area contributed by atoms with Crippen molar-refractivity contribution in [1.82, 2.24) is 10.2 Å². The van der Waals surface area contributed by atoms with Crippen molar-refractivity contribution in [2.24, 2.45) is 0 Å². The third-order valence-corrected chi connectivity index (χ3v) is 3.40. The number of amides is 1. The van der Waals surface area contributed by atoms with Crippen molar-refractivity contribution in [2.75, 3.05) is 25.0 Å². The second-order valence-electron chi connectivity index (χ2n) is 4.47. The van der Waals surface area contributed by atoms with Gasteiger partial charge in [0, 0.05) is 18.8 Å². The Kier molecular flexibility index (Phi) is 3.81. The van der Waals surface area contributed by atoms with Crippen molar-refractivity contribution in [3.8, 4) is 0 Å². The lowest BCUT2D eigenvalue weighted by atomic mass is 10.1. The molecule has 2 rings (SSSR count). The zero-order valence-electron chi connectivity index (χ0n) is 10.6. The number of nitrogens with zero attached hydrogens (tertiary/aromatic N) is 1. The molecule has 0 atom stereocenters. The molecule has 1 saturated heterocycles. The number of aryl methyl sites for hydroxylation is 2. The van der Waals surface area contributed by atoms with Gasteiger partial charge in [-0.3, -0.25) is 4.79 Å². The van der Waals surface area contributed by atoms with Crippen LogP contribution in [0.1, 0.15) is 11.1 Å². The van der Waals surface area contributed by atoms with Crippen LogP contribution < -0.4 is 10.6 Å². The molecular formula is C13H17N3OS. The molecule has 0 radical (unpaired) electrons. The molecule has 0 unspecified atom stereocenters. The summed E-state index contributed by atoms with van der Waals surface area (Å²) in [7, 11) is 0. The molecule has 96 valence electrons. The molecule has 1 aliphatic rings. The fraction of sp³-hybridized carbons (Fsp3) is 0.385. The van der Waals surface area contributed by atoms with E-state index in [2.05, 4.69) is 10.6 Å². The third-order valence-electron chi connectivity index (χ3n) is 3.04. The second kappa shape index (κ2) is 5.35. The van der Waals surface area contributed by atoms with Crippen LogP contribution >= 0.6 is 12.2 Å². The maximum absolute atomic E-state index is 11.3. The van der Waals surface area contributed by atoms with Crippen LogP contribution in [0.5, 0.6) is 0 Å². The minimum absolute atomic E-state index is 0.0203. The number of thiocarbonyl (C=S) groups is 1. The highest BCUT2D eigenvalue weighted by Gasteiger charge is 2.19. The monoisotopic (exact) mass is 263 g/mol. The Bertz CT molecular complexity index is 467. The Labute approximate surface area is 112 Å². The zero-order valence-corrected chi connectivity index (χ0v) is 11.4. The van der Waals surface area contributed by atoms with Gasteiger partial charge < -0.3 is 15.5 Å². The summed E-state index contributed by atoms with van der Waals surface area (Å²) in [5, 5.41) is 6.64. The van der Waals surface area contributed by atoms with Crippen LogP contribution in [0.25, 0.3) is 0 Å². The number of hydrogen-bond donors (Lipinski definition) is 2. The largest absolute Gasteiger partial charge is 0.353 e. The number of benzene rings is 1. The first kappa shape index (κ1) is 12.8. The molecule has 0 spiro atoms. The summed E-state index contributed by atoms with van der Waals surface area (Å²) < 4.78 is 0. The number of carbonyl (C=O) groups is 1. The maximum atomic E-state index is 11.3. The van der Waals surface area contributed by atoms with Gasteiger partial charge in [0.2, 0.25) is 5.91 Å². The maximum Gasteiger partial charge on any atom is 0.239 e. The number of anilines is 1. The van der Waals surface area contributed by atoms with Gasteiger partial charge in [0.1, 0.15) is 0 Å². The second-order valence-corrected chi connectivity index (χ2v) is 4.86. The number of piperazine rings is 1. The summed E-state index contributed by atoms with van der Waals surface area (Å²) in [4.78, 5) is 13.2. The van der Waals surface area contributed by atoms with Crippen LogP contribution in [-0.4, -0.2) is 35.6 Å². The molecule has 1 aromatic rings. The number of carbonyl (C=O) groups excluding carboxylic acids is 1. The van der Waals surface area contributed by atoms with Crippen molar-refractivity contribution < 1.29 is 4.79 Å². The standard InChI is InChI=1S/C13H17N3OS/c1-9-4-3-5-10(2)12(9)15-13(18)16-7-6-14-11(17)8-16/h3-5H,6-8H2,1-2H3,(H,14,17)(H,15,18). The van der Waals surface area contributed by atoms with E-state index in [1.165, 1.54) is 0 Å². The molecule has 2 N–H and O–H groups in total. The van der Waals surface area contributed by atoms with E-state index in [0.29, 0.717) is 18.2 Å². The number of hydrogen-bond acceptors (Lipinski definition) is 2. The topological polar surface area (TPSA) is 44.4 Å². The minimum atomic E-state index is 0.0203. The van der Waals surface area contributed by atoms with Crippen LogP contribution in [0.3, 0.4) is 0 Å². The molecule has 4 nitrogen and oxygen atoms in total. The van der Waals surface area contributed by atoms with Crippen molar-refractivity contribution in [3.63, 3.8) is 0 Å². The fourth-order valence-electron chi connectivity index (χ4n) is 2.01. The molecule has 1 amide bonds. The normalized spacial score (nSPS) is 15.2.